The van der Waals surface area contributed by atoms with E-state index in [0.29, 0.717) is 6.04 Å². The van der Waals surface area contributed by atoms with Crippen LogP contribution in [0.25, 0.3) is 0 Å². The minimum Gasteiger partial charge on any atom is -0.489 e. The van der Waals surface area contributed by atoms with Crippen LogP contribution in [0.4, 0.5) is 0 Å². The molecule has 0 saturated carbocycles. The lowest BCUT2D eigenvalue weighted by atomic mass is 9.92. The third kappa shape index (κ3) is 4.34. The molecular weight excluding hydrogens is 248 g/mol. The van der Waals surface area contributed by atoms with Crippen molar-refractivity contribution < 1.29 is 4.74 Å². The van der Waals surface area contributed by atoms with E-state index in [1.54, 1.807) is 11.8 Å². The number of nitrogens with zero attached hydrogens (tertiary/aromatic N) is 1. The lowest BCUT2D eigenvalue weighted by Gasteiger charge is -2.21. The average Bonchev–Trinajstić information content (AvgIpc) is 2.45. The Labute approximate surface area is 122 Å². The van der Waals surface area contributed by atoms with Crippen LogP contribution in [0.3, 0.4) is 0 Å². The first-order chi connectivity index (χ1) is 9.69. The molecule has 1 aliphatic carbocycles. The fraction of sp³-hybridized carbons (Fsp3) is 0.588. The second kappa shape index (κ2) is 7.44. The number of allylic oxidation sites excluding steroid dienone is 1. The smallest absolute Gasteiger partial charge is 0.138 e. The van der Waals surface area contributed by atoms with Crippen molar-refractivity contribution in [3.8, 4) is 5.75 Å². The Balaban J connectivity index is 2.08. The fourth-order valence-electron chi connectivity index (χ4n) is 2.70. The molecule has 1 atom stereocenters. The highest BCUT2D eigenvalue weighted by atomic mass is 16.5. The van der Waals surface area contributed by atoms with E-state index in [0.717, 1.165) is 12.2 Å². The molecule has 0 aromatic carbocycles. The van der Waals surface area contributed by atoms with Crippen molar-refractivity contribution in [1.29, 1.82) is 0 Å². The zero-order valence-corrected chi connectivity index (χ0v) is 12.9. The topological polar surface area (TPSA) is 34.2 Å². The summed E-state index contributed by atoms with van der Waals surface area (Å²) in [5, 5.41) is 3.41. The number of hydrogen-bond acceptors (Lipinski definition) is 3. The Kier molecular flexibility index (Phi) is 5.60. The molecule has 0 bridgehead atoms. The van der Waals surface area contributed by atoms with Gasteiger partial charge in [0, 0.05) is 12.2 Å². The molecule has 20 heavy (non-hydrogen) atoms. The van der Waals surface area contributed by atoms with Crippen LogP contribution >= 0.6 is 0 Å². The highest BCUT2D eigenvalue weighted by molar-refractivity contribution is 5.27. The van der Waals surface area contributed by atoms with Crippen molar-refractivity contribution in [2.75, 3.05) is 7.05 Å². The Morgan fingerprint density at radius 3 is 2.80 bits per heavy atom. The van der Waals surface area contributed by atoms with Crippen LogP contribution in [0.2, 0.25) is 0 Å². The Morgan fingerprint density at radius 2 is 2.15 bits per heavy atom. The maximum Gasteiger partial charge on any atom is 0.138 e. The second-order valence-electron chi connectivity index (χ2n) is 5.77. The summed E-state index contributed by atoms with van der Waals surface area (Å²) < 4.78 is 5.73. The average molecular weight is 274 g/mol. The van der Waals surface area contributed by atoms with E-state index < -0.39 is 0 Å². The molecule has 0 radical (unpaired) electrons. The lowest BCUT2D eigenvalue weighted by molar-refractivity contribution is 0.241. The quantitative estimate of drug-likeness (QED) is 0.796. The SMILES string of the molecule is CNC(CC1=CCCCC1)c1cncc(OC(C)C)c1. The summed E-state index contributed by atoms with van der Waals surface area (Å²) in [4.78, 5) is 4.32. The van der Waals surface area contributed by atoms with E-state index in [9.17, 15) is 0 Å². The Bertz CT molecular complexity index is 454. The van der Waals surface area contributed by atoms with Crippen LogP contribution in [0.15, 0.2) is 30.1 Å². The molecule has 3 nitrogen and oxygen atoms in total. The third-order valence-corrected chi connectivity index (χ3v) is 3.71. The minimum absolute atomic E-state index is 0.182. The predicted molar refractivity (Wildman–Crippen MR) is 83.0 cm³/mol. The van der Waals surface area contributed by atoms with Gasteiger partial charge in [-0.1, -0.05) is 11.6 Å². The predicted octanol–water partition coefficient (Wildman–Crippen LogP) is 4.02. The van der Waals surface area contributed by atoms with Crippen molar-refractivity contribution >= 4 is 0 Å². The van der Waals surface area contributed by atoms with Crippen molar-refractivity contribution in [2.45, 2.75) is 58.1 Å². The maximum absolute atomic E-state index is 5.73. The second-order valence-corrected chi connectivity index (χ2v) is 5.77. The standard InChI is InChI=1S/C17H26N2O/c1-13(2)20-16-10-15(11-19-12-16)17(18-3)9-14-7-5-4-6-8-14/h7,10-13,17-18H,4-6,8-9H2,1-3H3. The summed E-state index contributed by atoms with van der Waals surface area (Å²) >= 11 is 0. The van der Waals surface area contributed by atoms with E-state index in [1.165, 1.54) is 31.2 Å². The summed E-state index contributed by atoms with van der Waals surface area (Å²) in [6.07, 6.45) is 12.5. The van der Waals surface area contributed by atoms with Gasteiger partial charge in [-0.2, -0.15) is 0 Å². The van der Waals surface area contributed by atoms with Gasteiger partial charge >= 0.3 is 0 Å². The van der Waals surface area contributed by atoms with Gasteiger partial charge in [0.1, 0.15) is 5.75 Å². The Morgan fingerprint density at radius 1 is 1.30 bits per heavy atom. The van der Waals surface area contributed by atoms with Gasteiger partial charge in [0.2, 0.25) is 0 Å². The van der Waals surface area contributed by atoms with Crippen LogP contribution < -0.4 is 10.1 Å². The summed E-state index contributed by atoms with van der Waals surface area (Å²) in [6, 6.07) is 2.43. The zero-order valence-electron chi connectivity index (χ0n) is 12.9. The largest absolute Gasteiger partial charge is 0.489 e. The van der Waals surface area contributed by atoms with Crippen molar-refractivity contribution in [3.63, 3.8) is 0 Å². The molecule has 0 saturated heterocycles. The molecule has 1 aromatic rings. The molecule has 1 heterocycles. The van der Waals surface area contributed by atoms with E-state index in [1.807, 2.05) is 27.1 Å². The maximum atomic E-state index is 5.73. The monoisotopic (exact) mass is 274 g/mol. The number of hydrogen-bond donors (Lipinski definition) is 1. The van der Waals surface area contributed by atoms with Crippen LogP contribution in [-0.4, -0.2) is 18.1 Å². The molecule has 2 rings (SSSR count). The van der Waals surface area contributed by atoms with Crippen molar-refractivity contribution in [2.24, 2.45) is 0 Å². The van der Waals surface area contributed by atoms with Crippen molar-refractivity contribution in [3.05, 3.63) is 35.7 Å². The van der Waals surface area contributed by atoms with Gasteiger partial charge in [0.05, 0.1) is 12.3 Å². The highest BCUT2D eigenvalue weighted by Crippen LogP contribution is 2.28. The molecule has 3 heteroatoms. The number of nitrogens with one attached hydrogen (secondary N) is 1. The highest BCUT2D eigenvalue weighted by Gasteiger charge is 2.14. The van der Waals surface area contributed by atoms with Gasteiger partial charge in [-0.05, 0) is 64.6 Å². The molecule has 0 fully saturated rings. The number of ether oxygens (including phenoxy) is 1. The van der Waals surface area contributed by atoms with Gasteiger partial charge in [-0.3, -0.25) is 4.98 Å². The van der Waals surface area contributed by atoms with Gasteiger partial charge in [-0.15, -0.1) is 0 Å². The summed E-state index contributed by atoms with van der Waals surface area (Å²) in [5.41, 5.74) is 2.78. The first-order valence-electron chi connectivity index (χ1n) is 7.66. The van der Waals surface area contributed by atoms with Gasteiger partial charge in [0.15, 0.2) is 0 Å². The molecule has 1 aromatic heterocycles. The molecule has 0 aliphatic heterocycles. The van der Waals surface area contributed by atoms with E-state index >= 15 is 0 Å². The molecule has 110 valence electrons. The van der Waals surface area contributed by atoms with Gasteiger partial charge in [-0.25, -0.2) is 0 Å². The first-order valence-corrected chi connectivity index (χ1v) is 7.66. The van der Waals surface area contributed by atoms with E-state index in [-0.39, 0.29) is 6.10 Å². The molecule has 0 amide bonds. The summed E-state index contributed by atoms with van der Waals surface area (Å²) in [6.45, 7) is 4.07. The number of aromatic nitrogens is 1. The first kappa shape index (κ1) is 15.0. The van der Waals surface area contributed by atoms with E-state index in [4.69, 9.17) is 4.74 Å². The van der Waals surface area contributed by atoms with Gasteiger partial charge in [0.25, 0.3) is 0 Å². The minimum atomic E-state index is 0.182. The summed E-state index contributed by atoms with van der Waals surface area (Å²) in [5.74, 6) is 0.857. The molecule has 1 unspecified atom stereocenters. The van der Waals surface area contributed by atoms with Crippen LogP contribution in [0, 0.1) is 0 Å². The normalized spacial score (nSPS) is 16.9. The zero-order chi connectivity index (χ0) is 14.4. The van der Waals surface area contributed by atoms with Crippen LogP contribution in [0.1, 0.15) is 57.6 Å². The fourth-order valence-corrected chi connectivity index (χ4v) is 2.70. The molecule has 1 N–H and O–H groups in total. The Hall–Kier alpha value is -1.35. The third-order valence-electron chi connectivity index (χ3n) is 3.71. The van der Waals surface area contributed by atoms with Crippen LogP contribution in [-0.2, 0) is 0 Å². The number of rotatable bonds is 6. The number of pyridine rings is 1. The lowest BCUT2D eigenvalue weighted by Crippen LogP contribution is -2.18. The molecule has 1 aliphatic rings. The molecular formula is C17H26N2O. The summed E-state index contributed by atoms with van der Waals surface area (Å²) in [7, 11) is 2.02. The van der Waals surface area contributed by atoms with Crippen molar-refractivity contribution in [1.82, 2.24) is 10.3 Å². The molecule has 0 spiro atoms. The van der Waals surface area contributed by atoms with Gasteiger partial charge < -0.3 is 10.1 Å². The van der Waals surface area contributed by atoms with E-state index in [2.05, 4.69) is 22.4 Å². The van der Waals surface area contributed by atoms with Crippen LogP contribution in [0.5, 0.6) is 5.75 Å².